The van der Waals surface area contributed by atoms with Crippen molar-refractivity contribution in [3.63, 3.8) is 0 Å². The van der Waals surface area contributed by atoms with Gasteiger partial charge in [-0.15, -0.1) is 0 Å². The van der Waals surface area contributed by atoms with Crippen LogP contribution in [0.25, 0.3) is 0 Å². The normalized spacial score (nSPS) is 19.7. The summed E-state index contributed by atoms with van der Waals surface area (Å²) in [6.45, 7) is 0. The van der Waals surface area contributed by atoms with Gasteiger partial charge in [0.1, 0.15) is 0 Å². The molecule has 0 amide bonds. The predicted octanol–water partition coefficient (Wildman–Crippen LogP) is 4.21. The minimum absolute atomic E-state index is 0.493. The number of nitrogens with zero attached hydrogens (tertiary/aromatic N) is 1. The zero-order valence-corrected chi connectivity index (χ0v) is 12.2. The van der Waals surface area contributed by atoms with Crippen molar-refractivity contribution in [1.29, 1.82) is 0 Å². The van der Waals surface area contributed by atoms with Crippen LogP contribution in [0.5, 0.6) is 0 Å². The largest absolute Gasteiger partial charge is 0.384 e. The smallest absolute Gasteiger partial charge is 0.0130 e. The lowest BCUT2D eigenvalue weighted by Crippen LogP contribution is -2.15. The van der Waals surface area contributed by atoms with Gasteiger partial charge in [-0.3, -0.25) is 0 Å². The van der Waals surface area contributed by atoms with E-state index in [9.17, 15) is 0 Å². The molecule has 1 aliphatic carbocycles. The fraction of sp³-hybridized carbons (Fsp3) is 0.263. The molecule has 1 unspecified atom stereocenters. The summed E-state index contributed by atoms with van der Waals surface area (Å²) in [7, 11) is 4.20. The number of allylic oxidation sites excluding steroid dienone is 1. The van der Waals surface area contributed by atoms with Gasteiger partial charge in [0.25, 0.3) is 0 Å². The SMILES string of the molecule is CN(C)/C=C1/Cc2ccccc2C(c2ccccc2)C1. The number of rotatable bonds is 2. The second-order valence-electron chi connectivity index (χ2n) is 5.79. The van der Waals surface area contributed by atoms with Gasteiger partial charge < -0.3 is 4.90 Å². The first-order valence-corrected chi connectivity index (χ1v) is 7.23. The molecule has 0 saturated carbocycles. The molecule has 1 nitrogen and oxygen atoms in total. The Morgan fingerprint density at radius 2 is 1.65 bits per heavy atom. The standard InChI is InChI=1S/C19H21N/c1-20(2)14-15-12-17-10-6-7-11-18(17)19(13-15)16-8-4-3-5-9-16/h3-11,14,19H,12-13H2,1-2H3/b15-14-. The van der Waals surface area contributed by atoms with Gasteiger partial charge in [-0.1, -0.05) is 54.6 Å². The maximum absolute atomic E-state index is 2.29. The molecule has 1 heteroatoms. The van der Waals surface area contributed by atoms with Crippen LogP contribution in [0, 0.1) is 0 Å². The third-order valence-electron chi connectivity index (χ3n) is 3.96. The topological polar surface area (TPSA) is 3.24 Å². The van der Waals surface area contributed by atoms with E-state index in [4.69, 9.17) is 0 Å². The molecular formula is C19H21N. The number of hydrogen-bond donors (Lipinski definition) is 0. The van der Waals surface area contributed by atoms with Crippen LogP contribution in [0.1, 0.15) is 29.0 Å². The van der Waals surface area contributed by atoms with E-state index in [1.165, 1.54) is 22.3 Å². The van der Waals surface area contributed by atoms with Gasteiger partial charge in [-0.25, -0.2) is 0 Å². The first-order chi connectivity index (χ1) is 9.74. The zero-order chi connectivity index (χ0) is 13.9. The molecule has 2 aromatic carbocycles. The van der Waals surface area contributed by atoms with E-state index in [2.05, 4.69) is 79.8 Å². The van der Waals surface area contributed by atoms with E-state index in [-0.39, 0.29) is 0 Å². The summed E-state index contributed by atoms with van der Waals surface area (Å²) >= 11 is 0. The fourth-order valence-electron chi connectivity index (χ4n) is 3.17. The molecule has 0 bridgehead atoms. The highest BCUT2D eigenvalue weighted by atomic mass is 15.0. The van der Waals surface area contributed by atoms with Gasteiger partial charge in [0.05, 0.1) is 0 Å². The monoisotopic (exact) mass is 263 g/mol. The maximum Gasteiger partial charge on any atom is 0.0130 e. The molecule has 0 fully saturated rings. The quantitative estimate of drug-likeness (QED) is 0.784. The molecule has 102 valence electrons. The summed E-state index contributed by atoms with van der Waals surface area (Å²) in [5, 5.41) is 0. The Morgan fingerprint density at radius 1 is 0.950 bits per heavy atom. The molecule has 0 spiro atoms. The van der Waals surface area contributed by atoms with Gasteiger partial charge in [0.15, 0.2) is 0 Å². The molecule has 1 aliphatic rings. The second kappa shape index (κ2) is 5.54. The van der Waals surface area contributed by atoms with Crippen molar-refractivity contribution >= 4 is 0 Å². The third-order valence-corrected chi connectivity index (χ3v) is 3.96. The Balaban J connectivity index is 2.04. The zero-order valence-electron chi connectivity index (χ0n) is 12.2. The summed E-state index contributed by atoms with van der Waals surface area (Å²) in [6.07, 6.45) is 4.49. The maximum atomic E-state index is 2.29. The minimum Gasteiger partial charge on any atom is -0.384 e. The van der Waals surface area contributed by atoms with Crippen molar-refractivity contribution < 1.29 is 0 Å². The molecule has 20 heavy (non-hydrogen) atoms. The Bertz CT molecular complexity index is 611. The van der Waals surface area contributed by atoms with Crippen molar-refractivity contribution in [2.24, 2.45) is 0 Å². The van der Waals surface area contributed by atoms with E-state index >= 15 is 0 Å². The summed E-state index contributed by atoms with van der Waals surface area (Å²) < 4.78 is 0. The van der Waals surface area contributed by atoms with E-state index < -0.39 is 0 Å². The number of fused-ring (bicyclic) bond motifs is 1. The Kier molecular flexibility index (Phi) is 3.60. The lowest BCUT2D eigenvalue weighted by Gasteiger charge is -2.28. The van der Waals surface area contributed by atoms with Gasteiger partial charge in [0.2, 0.25) is 0 Å². The summed E-state index contributed by atoms with van der Waals surface area (Å²) in [4.78, 5) is 2.16. The molecule has 0 N–H and O–H groups in total. The molecule has 3 rings (SSSR count). The van der Waals surface area contributed by atoms with Gasteiger partial charge >= 0.3 is 0 Å². The van der Waals surface area contributed by atoms with Crippen molar-refractivity contribution in [1.82, 2.24) is 4.90 Å². The van der Waals surface area contributed by atoms with Crippen LogP contribution in [-0.4, -0.2) is 19.0 Å². The second-order valence-corrected chi connectivity index (χ2v) is 5.79. The first-order valence-electron chi connectivity index (χ1n) is 7.23. The van der Waals surface area contributed by atoms with Gasteiger partial charge in [-0.2, -0.15) is 0 Å². The van der Waals surface area contributed by atoms with Crippen LogP contribution in [-0.2, 0) is 6.42 Å². The summed E-state index contributed by atoms with van der Waals surface area (Å²) in [5.74, 6) is 0.493. The van der Waals surface area contributed by atoms with Crippen LogP contribution in [0.2, 0.25) is 0 Å². The van der Waals surface area contributed by atoms with Crippen LogP contribution in [0.3, 0.4) is 0 Å². The molecule has 1 atom stereocenters. The average molecular weight is 263 g/mol. The highest BCUT2D eigenvalue weighted by Crippen LogP contribution is 2.38. The van der Waals surface area contributed by atoms with E-state index in [1.807, 2.05) is 0 Å². The lowest BCUT2D eigenvalue weighted by atomic mass is 9.77. The van der Waals surface area contributed by atoms with Crippen LogP contribution >= 0.6 is 0 Å². The summed E-state index contributed by atoms with van der Waals surface area (Å²) in [6, 6.07) is 19.8. The molecule has 0 radical (unpaired) electrons. The molecule has 0 aromatic heterocycles. The van der Waals surface area contributed by atoms with Crippen LogP contribution in [0.4, 0.5) is 0 Å². The fourth-order valence-corrected chi connectivity index (χ4v) is 3.17. The van der Waals surface area contributed by atoms with Crippen molar-refractivity contribution in [2.75, 3.05) is 14.1 Å². The Morgan fingerprint density at radius 3 is 2.40 bits per heavy atom. The molecule has 0 aliphatic heterocycles. The third kappa shape index (κ3) is 2.62. The predicted molar refractivity (Wildman–Crippen MR) is 84.8 cm³/mol. The van der Waals surface area contributed by atoms with E-state index in [0.29, 0.717) is 5.92 Å². The molecule has 0 saturated heterocycles. The van der Waals surface area contributed by atoms with E-state index in [1.54, 1.807) is 0 Å². The van der Waals surface area contributed by atoms with Crippen LogP contribution in [0.15, 0.2) is 66.4 Å². The van der Waals surface area contributed by atoms with Gasteiger partial charge in [0, 0.05) is 20.0 Å². The van der Waals surface area contributed by atoms with Crippen LogP contribution < -0.4 is 0 Å². The Labute approximate surface area is 121 Å². The number of benzene rings is 2. The average Bonchev–Trinajstić information content (AvgIpc) is 2.47. The number of hydrogen-bond acceptors (Lipinski definition) is 1. The van der Waals surface area contributed by atoms with Crippen molar-refractivity contribution in [3.8, 4) is 0 Å². The highest BCUT2D eigenvalue weighted by molar-refractivity contribution is 5.44. The highest BCUT2D eigenvalue weighted by Gasteiger charge is 2.24. The summed E-state index contributed by atoms with van der Waals surface area (Å²) in [5.41, 5.74) is 5.90. The van der Waals surface area contributed by atoms with Gasteiger partial charge in [-0.05, 0) is 41.3 Å². The van der Waals surface area contributed by atoms with E-state index in [0.717, 1.165) is 12.8 Å². The molecule has 0 heterocycles. The minimum atomic E-state index is 0.493. The van der Waals surface area contributed by atoms with Crippen molar-refractivity contribution in [2.45, 2.75) is 18.8 Å². The molecular weight excluding hydrogens is 242 g/mol. The van der Waals surface area contributed by atoms with Crippen molar-refractivity contribution in [3.05, 3.63) is 83.1 Å². The lowest BCUT2D eigenvalue weighted by molar-refractivity contribution is 0.547. The first kappa shape index (κ1) is 13.0. The molecule has 2 aromatic rings. The Hall–Kier alpha value is -2.02.